The standard InChI is InChI=1S/C24H25NO4S/c1-2-29-22-12-10-19(11-13-22)24(26)25(21-14-15-30(27,28)17-21)16-20-8-5-7-18-6-3-4-9-23(18)20/h3-13,21H,2,14-17H2,1H3/t21-/m0/s1. The van der Waals surface area contributed by atoms with Crippen LogP contribution in [0.5, 0.6) is 5.75 Å². The van der Waals surface area contributed by atoms with Gasteiger partial charge in [-0.2, -0.15) is 0 Å². The van der Waals surface area contributed by atoms with Crippen LogP contribution in [0, 0.1) is 0 Å². The molecular formula is C24H25NO4S. The average Bonchev–Trinajstić information content (AvgIpc) is 3.12. The molecule has 1 amide bonds. The Labute approximate surface area is 177 Å². The molecule has 1 aliphatic rings. The van der Waals surface area contributed by atoms with Crippen LogP contribution < -0.4 is 4.74 Å². The van der Waals surface area contributed by atoms with Crippen LogP contribution in [0.1, 0.15) is 29.3 Å². The lowest BCUT2D eigenvalue weighted by molar-refractivity contribution is 0.0682. The molecule has 1 heterocycles. The number of hydrogen-bond donors (Lipinski definition) is 0. The predicted octanol–water partition coefficient (Wildman–Crippen LogP) is 4.07. The highest BCUT2D eigenvalue weighted by Gasteiger charge is 2.35. The summed E-state index contributed by atoms with van der Waals surface area (Å²) in [4.78, 5) is 15.2. The maximum Gasteiger partial charge on any atom is 0.254 e. The van der Waals surface area contributed by atoms with E-state index < -0.39 is 9.84 Å². The summed E-state index contributed by atoms with van der Waals surface area (Å²) < 4.78 is 29.7. The summed E-state index contributed by atoms with van der Waals surface area (Å²) in [6, 6.07) is 20.8. The molecule has 0 saturated carbocycles. The number of ether oxygens (including phenoxy) is 1. The molecule has 0 bridgehead atoms. The van der Waals surface area contributed by atoms with Crippen molar-refractivity contribution in [3.8, 4) is 5.75 Å². The first-order valence-corrected chi connectivity index (χ1v) is 12.0. The number of hydrogen-bond acceptors (Lipinski definition) is 4. The molecule has 4 rings (SSSR count). The molecular weight excluding hydrogens is 398 g/mol. The van der Waals surface area contributed by atoms with Crippen molar-refractivity contribution in [2.75, 3.05) is 18.1 Å². The van der Waals surface area contributed by atoms with Gasteiger partial charge in [-0.1, -0.05) is 42.5 Å². The highest BCUT2D eigenvalue weighted by atomic mass is 32.2. The maximum atomic E-state index is 13.4. The predicted molar refractivity (Wildman–Crippen MR) is 118 cm³/mol. The number of rotatable bonds is 6. The summed E-state index contributed by atoms with van der Waals surface area (Å²) in [6.07, 6.45) is 0.468. The van der Waals surface area contributed by atoms with Gasteiger partial charge in [0.15, 0.2) is 9.84 Å². The smallest absolute Gasteiger partial charge is 0.254 e. The largest absolute Gasteiger partial charge is 0.494 e. The lowest BCUT2D eigenvalue weighted by Gasteiger charge is -2.29. The number of carbonyl (C=O) groups is 1. The first-order chi connectivity index (χ1) is 14.5. The number of sulfone groups is 1. The first kappa shape index (κ1) is 20.4. The fraction of sp³-hybridized carbons (Fsp3) is 0.292. The molecule has 1 aliphatic heterocycles. The van der Waals surface area contributed by atoms with Gasteiger partial charge in [-0.3, -0.25) is 4.79 Å². The zero-order valence-electron chi connectivity index (χ0n) is 17.0. The van der Waals surface area contributed by atoms with Crippen molar-refractivity contribution in [1.29, 1.82) is 0 Å². The lowest BCUT2D eigenvalue weighted by atomic mass is 10.0. The Balaban J connectivity index is 1.68. The molecule has 5 nitrogen and oxygen atoms in total. The second kappa shape index (κ2) is 8.48. The van der Waals surface area contributed by atoms with Gasteiger partial charge in [0.05, 0.1) is 18.1 Å². The monoisotopic (exact) mass is 423 g/mol. The summed E-state index contributed by atoms with van der Waals surface area (Å²) in [5.74, 6) is 0.687. The van der Waals surface area contributed by atoms with E-state index in [-0.39, 0.29) is 23.5 Å². The summed E-state index contributed by atoms with van der Waals surface area (Å²) >= 11 is 0. The second-order valence-corrected chi connectivity index (χ2v) is 9.81. The molecule has 1 atom stereocenters. The zero-order valence-corrected chi connectivity index (χ0v) is 17.8. The first-order valence-electron chi connectivity index (χ1n) is 10.2. The lowest BCUT2D eigenvalue weighted by Crippen LogP contribution is -2.40. The zero-order chi connectivity index (χ0) is 21.1. The molecule has 3 aromatic carbocycles. The van der Waals surface area contributed by atoms with Crippen molar-refractivity contribution in [3.05, 3.63) is 77.9 Å². The third-order valence-electron chi connectivity index (χ3n) is 5.54. The van der Waals surface area contributed by atoms with E-state index in [4.69, 9.17) is 4.74 Å². The minimum atomic E-state index is -3.12. The van der Waals surface area contributed by atoms with Gasteiger partial charge in [0.2, 0.25) is 0 Å². The normalized spacial score (nSPS) is 17.7. The van der Waals surface area contributed by atoms with Crippen LogP contribution in [0.2, 0.25) is 0 Å². The maximum absolute atomic E-state index is 13.4. The van der Waals surface area contributed by atoms with Crippen LogP contribution in [0.4, 0.5) is 0 Å². The van der Waals surface area contributed by atoms with Crippen LogP contribution in [0.25, 0.3) is 10.8 Å². The van der Waals surface area contributed by atoms with Crippen molar-refractivity contribution < 1.29 is 17.9 Å². The second-order valence-electron chi connectivity index (χ2n) is 7.59. The van der Waals surface area contributed by atoms with Gasteiger partial charge in [0.25, 0.3) is 5.91 Å². The number of nitrogens with zero attached hydrogens (tertiary/aromatic N) is 1. The number of benzene rings is 3. The molecule has 6 heteroatoms. The Kier molecular flexibility index (Phi) is 5.77. The molecule has 0 N–H and O–H groups in total. The van der Waals surface area contributed by atoms with Gasteiger partial charge >= 0.3 is 0 Å². The minimum absolute atomic E-state index is 0.0144. The molecule has 1 fully saturated rings. The van der Waals surface area contributed by atoms with Crippen molar-refractivity contribution in [3.63, 3.8) is 0 Å². The number of carbonyl (C=O) groups excluding carboxylic acids is 1. The summed E-state index contributed by atoms with van der Waals surface area (Å²) in [6.45, 7) is 2.83. The molecule has 30 heavy (non-hydrogen) atoms. The van der Waals surface area contributed by atoms with Crippen molar-refractivity contribution in [2.45, 2.75) is 25.9 Å². The van der Waals surface area contributed by atoms with E-state index in [9.17, 15) is 13.2 Å². The summed E-state index contributed by atoms with van der Waals surface area (Å²) in [5, 5.41) is 2.17. The van der Waals surface area contributed by atoms with Crippen LogP contribution in [0.15, 0.2) is 66.7 Å². The van der Waals surface area contributed by atoms with E-state index in [0.717, 1.165) is 16.3 Å². The minimum Gasteiger partial charge on any atom is -0.494 e. The SMILES string of the molecule is CCOc1ccc(C(=O)N(Cc2cccc3ccccc23)[C@H]2CCS(=O)(=O)C2)cc1. The van der Waals surface area contributed by atoms with E-state index in [1.807, 2.05) is 49.4 Å². The van der Waals surface area contributed by atoms with Gasteiger partial charge < -0.3 is 9.64 Å². The third-order valence-corrected chi connectivity index (χ3v) is 7.29. The van der Waals surface area contributed by atoms with Crippen LogP contribution in [-0.2, 0) is 16.4 Å². The van der Waals surface area contributed by atoms with E-state index in [1.54, 1.807) is 29.2 Å². The highest BCUT2D eigenvalue weighted by Crippen LogP contribution is 2.26. The van der Waals surface area contributed by atoms with Crippen molar-refractivity contribution in [1.82, 2.24) is 4.90 Å². The molecule has 0 unspecified atom stereocenters. The molecule has 156 valence electrons. The van der Waals surface area contributed by atoms with E-state index in [2.05, 4.69) is 0 Å². The van der Waals surface area contributed by atoms with E-state index in [0.29, 0.717) is 30.9 Å². The topological polar surface area (TPSA) is 63.7 Å². The molecule has 0 radical (unpaired) electrons. The number of amides is 1. The highest BCUT2D eigenvalue weighted by molar-refractivity contribution is 7.91. The summed E-state index contributed by atoms with van der Waals surface area (Å²) in [5.41, 5.74) is 1.54. The molecule has 0 aromatic heterocycles. The average molecular weight is 424 g/mol. The Morgan fingerprint density at radius 3 is 2.47 bits per heavy atom. The molecule has 3 aromatic rings. The Bertz CT molecular complexity index is 1150. The van der Waals surface area contributed by atoms with Gasteiger partial charge in [-0.05, 0) is 53.9 Å². The van der Waals surface area contributed by atoms with Gasteiger partial charge in [-0.25, -0.2) is 8.42 Å². The Morgan fingerprint density at radius 2 is 1.77 bits per heavy atom. The van der Waals surface area contributed by atoms with Crippen LogP contribution in [0.3, 0.4) is 0 Å². The van der Waals surface area contributed by atoms with Crippen molar-refractivity contribution >= 4 is 26.5 Å². The van der Waals surface area contributed by atoms with Crippen LogP contribution >= 0.6 is 0 Å². The molecule has 0 spiro atoms. The quantitative estimate of drug-likeness (QED) is 0.600. The molecule has 1 saturated heterocycles. The van der Waals surface area contributed by atoms with Crippen LogP contribution in [-0.4, -0.2) is 43.4 Å². The summed E-state index contributed by atoms with van der Waals surface area (Å²) in [7, 11) is -3.12. The fourth-order valence-electron chi connectivity index (χ4n) is 4.03. The fourth-order valence-corrected chi connectivity index (χ4v) is 5.76. The molecule has 0 aliphatic carbocycles. The van der Waals surface area contributed by atoms with Crippen molar-refractivity contribution in [2.24, 2.45) is 0 Å². The van der Waals surface area contributed by atoms with E-state index in [1.165, 1.54) is 0 Å². The Hall–Kier alpha value is -2.86. The van der Waals surface area contributed by atoms with Gasteiger partial charge in [0.1, 0.15) is 5.75 Å². The van der Waals surface area contributed by atoms with E-state index >= 15 is 0 Å². The number of fused-ring (bicyclic) bond motifs is 1. The van der Waals surface area contributed by atoms with Gasteiger partial charge in [0, 0.05) is 18.2 Å². The Morgan fingerprint density at radius 1 is 1.03 bits per heavy atom. The third kappa shape index (κ3) is 4.33. The van der Waals surface area contributed by atoms with Gasteiger partial charge in [-0.15, -0.1) is 0 Å².